The molecule has 2 N–H and O–H groups in total. The Morgan fingerprint density at radius 2 is 2.16 bits per heavy atom. The average Bonchev–Trinajstić information content (AvgIpc) is 3.03. The standard InChI is InChI=1S/C19H29FN4O/c1-3-17(24-13-5-8-18(24)25)10-12-23-19(21-2)22-11-9-15-6-4-7-16(20)14-15/h4,6-7,14,17H,3,5,8-13H2,1-2H3,(H2,21,22,23). The third kappa shape index (κ3) is 6.03. The van der Waals surface area contributed by atoms with Gasteiger partial charge in [0.2, 0.25) is 5.91 Å². The summed E-state index contributed by atoms with van der Waals surface area (Å²) in [7, 11) is 1.73. The summed E-state index contributed by atoms with van der Waals surface area (Å²) >= 11 is 0. The van der Waals surface area contributed by atoms with Crippen molar-refractivity contribution in [1.29, 1.82) is 0 Å². The molecule has 1 atom stereocenters. The minimum atomic E-state index is -0.206. The van der Waals surface area contributed by atoms with Crippen LogP contribution in [0.3, 0.4) is 0 Å². The number of rotatable bonds is 8. The van der Waals surface area contributed by atoms with Gasteiger partial charge in [-0.2, -0.15) is 0 Å². The van der Waals surface area contributed by atoms with E-state index in [1.54, 1.807) is 19.2 Å². The maximum Gasteiger partial charge on any atom is 0.222 e. The molecule has 5 nitrogen and oxygen atoms in total. The summed E-state index contributed by atoms with van der Waals surface area (Å²) in [6.45, 7) is 4.47. The summed E-state index contributed by atoms with van der Waals surface area (Å²) in [5.74, 6) is 0.811. The lowest BCUT2D eigenvalue weighted by atomic mass is 10.1. The van der Waals surface area contributed by atoms with Crippen LogP contribution in [-0.2, 0) is 11.2 Å². The molecule has 0 aliphatic carbocycles. The van der Waals surface area contributed by atoms with Crippen molar-refractivity contribution in [2.45, 2.75) is 45.1 Å². The van der Waals surface area contributed by atoms with Crippen molar-refractivity contribution in [3.05, 3.63) is 35.6 Å². The van der Waals surface area contributed by atoms with E-state index in [-0.39, 0.29) is 11.7 Å². The van der Waals surface area contributed by atoms with Gasteiger partial charge in [0.15, 0.2) is 5.96 Å². The van der Waals surface area contributed by atoms with Crippen LogP contribution in [0.15, 0.2) is 29.3 Å². The van der Waals surface area contributed by atoms with E-state index in [9.17, 15) is 9.18 Å². The van der Waals surface area contributed by atoms with Gasteiger partial charge >= 0.3 is 0 Å². The maximum absolute atomic E-state index is 13.2. The molecule has 1 aromatic rings. The summed E-state index contributed by atoms with van der Waals surface area (Å²) < 4.78 is 13.2. The number of nitrogens with zero attached hydrogens (tertiary/aromatic N) is 2. The van der Waals surface area contributed by atoms with Gasteiger partial charge in [-0.05, 0) is 43.4 Å². The van der Waals surface area contributed by atoms with Gasteiger partial charge in [-0.3, -0.25) is 9.79 Å². The normalized spacial score (nSPS) is 16.2. The van der Waals surface area contributed by atoms with E-state index >= 15 is 0 Å². The molecule has 1 unspecified atom stereocenters. The van der Waals surface area contributed by atoms with E-state index in [4.69, 9.17) is 0 Å². The molecular formula is C19H29FN4O. The number of benzene rings is 1. The smallest absolute Gasteiger partial charge is 0.222 e. The van der Waals surface area contributed by atoms with Crippen LogP contribution < -0.4 is 10.6 Å². The van der Waals surface area contributed by atoms with Crippen LogP contribution in [0.1, 0.15) is 38.2 Å². The Hall–Kier alpha value is -2.11. The molecule has 25 heavy (non-hydrogen) atoms. The second-order valence-electron chi connectivity index (χ2n) is 6.35. The van der Waals surface area contributed by atoms with Crippen molar-refractivity contribution < 1.29 is 9.18 Å². The van der Waals surface area contributed by atoms with Gasteiger partial charge in [-0.1, -0.05) is 19.1 Å². The van der Waals surface area contributed by atoms with Crippen LogP contribution in [0.4, 0.5) is 4.39 Å². The molecule has 0 saturated carbocycles. The lowest BCUT2D eigenvalue weighted by molar-refractivity contribution is -0.129. The van der Waals surface area contributed by atoms with E-state index in [0.29, 0.717) is 19.0 Å². The zero-order chi connectivity index (χ0) is 18.1. The minimum absolute atomic E-state index is 0.206. The predicted molar refractivity (Wildman–Crippen MR) is 99.1 cm³/mol. The third-order valence-electron chi connectivity index (χ3n) is 4.61. The lowest BCUT2D eigenvalue weighted by Crippen LogP contribution is -2.42. The van der Waals surface area contributed by atoms with E-state index in [1.165, 1.54) is 6.07 Å². The van der Waals surface area contributed by atoms with Crippen molar-refractivity contribution in [1.82, 2.24) is 15.5 Å². The first-order chi connectivity index (χ1) is 12.1. The Balaban J connectivity index is 1.70. The van der Waals surface area contributed by atoms with E-state index < -0.39 is 0 Å². The number of amides is 1. The van der Waals surface area contributed by atoms with Crippen molar-refractivity contribution in [2.75, 3.05) is 26.7 Å². The highest BCUT2D eigenvalue weighted by Gasteiger charge is 2.26. The fraction of sp³-hybridized carbons (Fsp3) is 0.579. The van der Waals surface area contributed by atoms with Gasteiger partial charge in [0, 0.05) is 39.1 Å². The molecule has 138 valence electrons. The zero-order valence-electron chi connectivity index (χ0n) is 15.2. The van der Waals surface area contributed by atoms with Gasteiger partial charge in [-0.15, -0.1) is 0 Å². The van der Waals surface area contributed by atoms with Gasteiger partial charge in [-0.25, -0.2) is 4.39 Å². The Kier molecular flexibility index (Phi) is 7.70. The highest BCUT2D eigenvalue weighted by atomic mass is 19.1. The van der Waals surface area contributed by atoms with Gasteiger partial charge < -0.3 is 15.5 Å². The first-order valence-electron chi connectivity index (χ1n) is 9.12. The average molecular weight is 348 g/mol. The second kappa shape index (κ2) is 10.0. The van der Waals surface area contributed by atoms with Crippen LogP contribution in [0.2, 0.25) is 0 Å². The SMILES string of the molecule is CCC(CCNC(=NC)NCCc1cccc(F)c1)N1CCCC1=O. The second-order valence-corrected chi connectivity index (χ2v) is 6.35. The molecule has 1 amide bonds. The maximum atomic E-state index is 13.2. The third-order valence-corrected chi connectivity index (χ3v) is 4.61. The number of likely N-dealkylation sites (tertiary alicyclic amines) is 1. The number of aliphatic imine (C=N–C) groups is 1. The lowest BCUT2D eigenvalue weighted by Gasteiger charge is -2.27. The molecule has 6 heteroatoms. The molecule has 0 spiro atoms. The van der Waals surface area contributed by atoms with E-state index in [2.05, 4.69) is 22.5 Å². The molecule has 1 aliphatic rings. The minimum Gasteiger partial charge on any atom is -0.356 e. The van der Waals surface area contributed by atoms with Crippen LogP contribution in [0.5, 0.6) is 0 Å². The molecule has 1 fully saturated rings. The van der Waals surface area contributed by atoms with Crippen molar-refractivity contribution in [2.24, 2.45) is 4.99 Å². The highest BCUT2D eigenvalue weighted by molar-refractivity contribution is 5.79. The number of hydrogen-bond donors (Lipinski definition) is 2. The zero-order valence-corrected chi connectivity index (χ0v) is 15.2. The topological polar surface area (TPSA) is 56.7 Å². The molecular weight excluding hydrogens is 319 g/mol. The number of carbonyl (C=O) groups is 1. The highest BCUT2D eigenvalue weighted by Crippen LogP contribution is 2.17. The summed E-state index contributed by atoms with van der Waals surface area (Å²) in [4.78, 5) is 18.1. The molecule has 2 rings (SSSR count). The largest absolute Gasteiger partial charge is 0.356 e. The van der Waals surface area contributed by atoms with Crippen molar-refractivity contribution in [3.8, 4) is 0 Å². The summed E-state index contributed by atoms with van der Waals surface area (Å²) in [6, 6.07) is 6.94. The fourth-order valence-electron chi connectivity index (χ4n) is 3.23. The Morgan fingerprint density at radius 1 is 1.36 bits per heavy atom. The van der Waals surface area contributed by atoms with Crippen molar-refractivity contribution in [3.63, 3.8) is 0 Å². The van der Waals surface area contributed by atoms with Crippen LogP contribution in [0, 0.1) is 5.82 Å². The Bertz CT molecular complexity index is 591. The molecule has 1 heterocycles. The summed E-state index contributed by atoms with van der Waals surface area (Å²) in [5, 5.41) is 6.54. The monoisotopic (exact) mass is 348 g/mol. The number of carbonyl (C=O) groups excluding carboxylic acids is 1. The van der Waals surface area contributed by atoms with E-state index in [1.807, 2.05) is 11.0 Å². The van der Waals surface area contributed by atoms with Crippen molar-refractivity contribution >= 4 is 11.9 Å². The van der Waals surface area contributed by atoms with E-state index in [0.717, 1.165) is 50.3 Å². The number of nitrogens with one attached hydrogen (secondary N) is 2. The predicted octanol–water partition coefficient (Wildman–Crippen LogP) is 2.32. The quantitative estimate of drug-likeness (QED) is 0.560. The molecule has 1 saturated heterocycles. The number of halogens is 1. The molecule has 1 aromatic carbocycles. The summed E-state index contributed by atoms with van der Waals surface area (Å²) in [5.41, 5.74) is 0.960. The Morgan fingerprint density at radius 3 is 2.80 bits per heavy atom. The first kappa shape index (κ1) is 19.2. The molecule has 0 aromatic heterocycles. The van der Waals surface area contributed by atoms with Crippen LogP contribution in [0.25, 0.3) is 0 Å². The van der Waals surface area contributed by atoms with Crippen LogP contribution >= 0.6 is 0 Å². The number of guanidine groups is 1. The molecule has 0 bridgehead atoms. The first-order valence-corrected chi connectivity index (χ1v) is 9.12. The Labute approximate surface area is 149 Å². The summed E-state index contributed by atoms with van der Waals surface area (Å²) in [6.07, 6.45) is 4.28. The van der Waals surface area contributed by atoms with Gasteiger partial charge in [0.1, 0.15) is 5.82 Å². The van der Waals surface area contributed by atoms with Gasteiger partial charge in [0.25, 0.3) is 0 Å². The van der Waals surface area contributed by atoms with Crippen LogP contribution in [-0.4, -0.2) is 49.5 Å². The molecule has 1 aliphatic heterocycles. The fourth-order valence-corrected chi connectivity index (χ4v) is 3.23. The van der Waals surface area contributed by atoms with Gasteiger partial charge in [0.05, 0.1) is 0 Å². The number of hydrogen-bond acceptors (Lipinski definition) is 2. The molecule has 0 radical (unpaired) electrons.